The molecule has 2 aromatic heterocycles. The number of hydrogen-bond acceptors (Lipinski definition) is 3. The average molecular weight is 216 g/mol. The Balaban J connectivity index is 2.49. The molecule has 0 aromatic carbocycles. The van der Waals surface area contributed by atoms with E-state index in [0.717, 1.165) is 23.4 Å². The minimum atomic E-state index is 0.414. The van der Waals surface area contributed by atoms with E-state index in [2.05, 4.69) is 28.4 Å². The lowest BCUT2D eigenvalue weighted by Gasteiger charge is -2.15. The highest BCUT2D eigenvalue weighted by Gasteiger charge is 2.11. The van der Waals surface area contributed by atoms with Crippen LogP contribution in [0, 0.1) is 0 Å². The van der Waals surface area contributed by atoms with E-state index in [1.54, 1.807) is 12.4 Å². The number of imidazole rings is 1. The van der Waals surface area contributed by atoms with Crippen molar-refractivity contribution in [3.63, 3.8) is 0 Å². The normalized spacial score (nSPS) is 12.6. The molecule has 0 aliphatic carbocycles. The molecular formula is C12H16N4. The smallest absolute Gasteiger partial charge is 0.0953 e. The first-order chi connectivity index (χ1) is 7.74. The van der Waals surface area contributed by atoms with Gasteiger partial charge in [0.25, 0.3) is 0 Å². The van der Waals surface area contributed by atoms with Gasteiger partial charge in [-0.3, -0.25) is 4.98 Å². The molecule has 0 aliphatic heterocycles. The maximum atomic E-state index is 5.94. The molecule has 4 heteroatoms. The Morgan fingerprint density at radius 1 is 1.38 bits per heavy atom. The van der Waals surface area contributed by atoms with Gasteiger partial charge in [-0.15, -0.1) is 0 Å². The third-order valence-electron chi connectivity index (χ3n) is 2.86. The van der Waals surface area contributed by atoms with Gasteiger partial charge in [0, 0.05) is 29.7 Å². The predicted molar refractivity (Wildman–Crippen MR) is 64.9 cm³/mol. The predicted octanol–water partition coefficient (Wildman–Crippen LogP) is 2.50. The standard InChI is InChI=1S/C12H16N4/c1-3-9(2)16-8-15-7-12(16)10-6-14-5-4-11(10)13/h4-9H,3H2,1-2H3,(H2,13,14). The van der Waals surface area contributed by atoms with Gasteiger partial charge in [0.15, 0.2) is 0 Å². The molecule has 2 aromatic rings. The molecule has 2 heterocycles. The Bertz CT molecular complexity index is 475. The molecule has 0 saturated heterocycles. The third kappa shape index (κ3) is 1.78. The van der Waals surface area contributed by atoms with Crippen LogP contribution >= 0.6 is 0 Å². The molecule has 84 valence electrons. The molecule has 0 aliphatic rings. The van der Waals surface area contributed by atoms with Crippen molar-refractivity contribution < 1.29 is 0 Å². The van der Waals surface area contributed by atoms with E-state index in [1.807, 2.05) is 18.6 Å². The number of pyridine rings is 1. The first-order valence-corrected chi connectivity index (χ1v) is 5.45. The van der Waals surface area contributed by atoms with Crippen LogP contribution in [0.4, 0.5) is 5.69 Å². The van der Waals surface area contributed by atoms with Crippen molar-refractivity contribution in [2.45, 2.75) is 26.3 Å². The van der Waals surface area contributed by atoms with Crippen molar-refractivity contribution in [2.24, 2.45) is 0 Å². The van der Waals surface area contributed by atoms with Crippen molar-refractivity contribution in [2.75, 3.05) is 5.73 Å². The number of nitrogen functional groups attached to an aromatic ring is 1. The molecule has 0 saturated carbocycles. The molecule has 2 N–H and O–H groups in total. The summed E-state index contributed by atoms with van der Waals surface area (Å²) in [6.45, 7) is 4.32. The molecule has 0 spiro atoms. The topological polar surface area (TPSA) is 56.7 Å². The van der Waals surface area contributed by atoms with Crippen LogP contribution in [0.3, 0.4) is 0 Å². The molecule has 0 radical (unpaired) electrons. The van der Waals surface area contributed by atoms with Gasteiger partial charge in [-0.05, 0) is 19.4 Å². The summed E-state index contributed by atoms with van der Waals surface area (Å²) in [5, 5.41) is 0. The van der Waals surface area contributed by atoms with Crippen LogP contribution < -0.4 is 5.73 Å². The highest BCUT2D eigenvalue weighted by Crippen LogP contribution is 2.27. The zero-order valence-corrected chi connectivity index (χ0v) is 9.59. The van der Waals surface area contributed by atoms with E-state index in [9.17, 15) is 0 Å². The monoisotopic (exact) mass is 216 g/mol. The zero-order chi connectivity index (χ0) is 11.5. The highest BCUT2D eigenvalue weighted by molar-refractivity contribution is 5.72. The van der Waals surface area contributed by atoms with Crippen LogP contribution in [0.1, 0.15) is 26.3 Å². The Labute approximate surface area is 95.1 Å². The van der Waals surface area contributed by atoms with Crippen LogP contribution in [-0.2, 0) is 0 Å². The Morgan fingerprint density at radius 2 is 2.19 bits per heavy atom. The lowest BCUT2D eigenvalue weighted by Crippen LogP contribution is -2.05. The van der Waals surface area contributed by atoms with Crippen LogP contribution in [-0.4, -0.2) is 14.5 Å². The van der Waals surface area contributed by atoms with Crippen LogP contribution in [0.2, 0.25) is 0 Å². The van der Waals surface area contributed by atoms with E-state index < -0.39 is 0 Å². The Hall–Kier alpha value is -1.84. The van der Waals surface area contributed by atoms with Crippen LogP contribution in [0.5, 0.6) is 0 Å². The van der Waals surface area contributed by atoms with E-state index in [4.69, 9.17) is 5.73 Å². The minimum Gasteiger partial charge on any atom is -0.398 e. The summed E-state index contributed by atoms with van der Waals surface area (Å²) in [6.07, 6.45) is 8.22. The van der Waals surface area contributed by atoms with Crippen molar-refractivity contribution in [1.82, 2.24) is 14.5 Å². The summed E-state index contributed by atoms with van der Waals surface area (Å²) in [5.74, 6) is 0. The van der Waals surface area contributed by atoms with Crippen LogP contribution in [0.25, 0.3) is 11.3 Å². The molecular weight excluding hydrogens is 200 g/mol. The Morgan fingerprint density at radius 3 is 2.88 bits per heavy atom. The first kappa shape index (κ1) is 10.7. The summed E-state index contributed by atoms with van der Waals surface area (Å²) >= 11 is 0. The van der Waals surface area contributed by atoms with Crippen molar-refractivity contribution in [3.8, 4) is 11.3 Å². The number of hydrogen-bond donors (Lipinski definition) is 1. The van der Waals surface area contributed by atoms with Gasteiger partial charge in [-0.1, -0.05) is 6.92 Å². The quantitative estimate of drug-likeness (QED) is 0.857. The van der Waals surface area contributed by atoms with Gasteiger partial charge in [0.05, 0.1) is 18.2 Å². The van der Waals surface area contributed by atoms with Gasteiger partial charge in [0.1, 0.15) is 0 Å². The van der Waals surface area contributed by atoms with E-state index in [0.29, 0.717) is 6.04 Å². The van der Waals surface area contributed by atoms with Crippen molar-refractivity contribution in [3.05, 3.63) is 31.0 Å². The third-order valence-corrected chi connectivity index (χ3v) is 2.86. The molecule has 0 bridgehead atoms. The van der Waals surface area contributed by atoms with E-state index in [1.165, 1.54) is 0 Å². The molecule has 16 heavy (non-hydrogen) atoms. The molecule has 1 atom stereocenters. The van der Waals surface area contributed by atoms with Crippen LogP contribution in [0.15, 0.2) is 31.0 Å². The summed E-state index contributed by atoms with van der Waals surface area (Å²) in [7, 11) is 0. The number of anilines is 1. The van der Waals surface area contributed by atoms with Gasteiger partial charge in [0.2, 0.25) is 0 Å². The number of nitrogens with two attached hydrogens (primary N) is 1. The average Bonchev–Trinajstić information content (AvgIpc) is 2.77. The number of nitrogens with zero attached hydrogens (tertiary/aromatic N) is 3. The summed E-state index contributed by atoms with van der Waals surface area (Å²) in [5.41, 5.74) is 8.65. The van der Waals surface area contributed by atoms with Crippen molar-refractivity contribution in [1.29, 1.82) is 0 Å². The molecule has 1 unspecified atom stereocenters. The Kier molecular flexibility index (Phi) is 2.90. The first-order valence-electron chi connectivity index (χ1n) is 5.45. The maximum Gasteiger partial charge on any atom is 0.0953 e. The minimum absolute atomic E-state index is 0.414. The largest absolute Gasteiger partial charge is 0.398 e. The lowest BCUT2D eigenvalue weighted by molar-refractivity contribution is 0.535. The van der Waals surface area contributed by atoms with Gasteiger partial charge < -0.3 is 10.3 Å². The summed E-state index contributed by atoms with van der Waals surface area (Å²) in [6, 6.07) is 2.22. The molecule has 0 fully saturated rings. The number of rotatable bonds is 3. The summed E-state index contributed by atoms with van der Waals surface area (Å²) < 4.78 is 2.13. The fraction of sp³-hybridized carbons (Fsp3) is 0.333. The molecule has 0 amide bonds. The van der Waals surface area contributed by atoms with E-state index in [-0.39, 0.29) is 0 Å². The van der Waals surface area contributed by atoms with Gasteiger partial charge in [-0.25, -0.2) is 4.98 Å². The zero-order valence-electron chi connectivity index (χ0n) is 9.59. The molecule has 4 nitrogen and oxygen atoms in total. The van der Waals surface area contributed by atoms with Crippen molar-refractivity contribution >= 4 is 5.69 Å². The van der Waals surface area contributed by atoms with Gasteiger partial charge in [-0.2, -0.15) is 0 Å². The second kappa shape index (κ2) is 4.35. The number of aromatic nitrogens is 3. The summed E-state index contributed by atoms with van der Waals surface area (Å²) in [4.78, 5) is 8.29. The fourth-order valence-electron chi connectivity index (χ4n) is 1.68. The SMILES string of the molecule is CCC(C)n1cncc1-c1cnccc1N. The second-order valence-electron chi connectivity index (χ2n) is 3.91. The van der Waals surface area contributed by atoms with Gasteiger partial charge >= 0.3 is 0 Å². The molecule has 2 rings (SSSR count). The second-order valence-corrected chi connectivity index (χ2v) is 3.91. The highest BCUT2D eigenvalue weighted by atomic mass is 15.1. The van der Waals surface area contributed by atoms with E-state index >= 15 is 0 Å². The fourth-order valence-corrected chi connectivity index (χ4v) is 1.68. The maximum absolute atomic E-state index is 5.94. The lowest BCUT2D eigenvalue weighted by atomic mass is 10.1.